The van der Waals surface area contributed by atoms with Gasteiger partial charge in [0.25, 0.3) is 0 Å². The van der Waals surface area contributed by atoms with Gasteiger partial charge in [-0.05, 0) is 49.4 Å². The predicted molar refractivity (Wildman–Crippen MR) is 121 cm³/mol. The highest BCUT2D eigenvalue weighted by Crippen LogP contribution is 2.29. The van der Waals surface area contributed by atoms with Crippen molar-refractivity contribution >= 4 is 44.7 Å². The number of rotatable bonds is 6. The van der Waals surface area contributed by atoms with E-state index in [-0.39, 0.29) is 18.1 Å². The molecular formula is C22H22ClN3O5S. The molecule has 4 rings (SSSR count). The Hall–Kier alpha value is -2.88. The van der Waals surface area contributed by atoms with Crippen molar-refractivity contribution in [2.24, 2.45) is 0 Å². The summed E-state index contributed by atoms with van der Waals surface area (Å²) in [7, 11) is -0.624. The van der Waals surface area contributed by atoms with Crippen molar-refractivity contribution in [2.45, 2.75) is 25.0 Å². The molecule has 32 heavy (non-hydrogen) atoms. The number of hydrogen-bond acceptors (Lipinski definition) is 6. The first-order valence-corrected chi connectivity index (χ1v) is 11.7. The number of ether oxygens (including phenoxy) is 2. The van der Waals surface area contributed by atoms with Gasteiger partial charge < -0.3 is 14.0 Å². The van der Waals surface area contributed by atoms with Crippen LogP contribution in [0.25, 0.3) is 17.1 Å². The Morgan fingerprint density at radius 2 is 2.03 bits per heavy atom. The van der Waals surface area contributed by atoms with E-state index < -0.39 is 16.0 Å². The Bertz CT molecular complexity index is 1350. The van der Waals surface area contributed by atoms with E-state index in [0.717, 1.165) is 9.82 Å². The van der Waals surface area contributed by atoms with Gasteiger partial charge in [-0.25, -0.2) is 22.5 Å². The smallest absolute Gasteiger partial charge is 0.337 e. The minimum absolute atomic E-state index is 0.0587. The fraction of sp³-hybridized carbons (Fsp3) is 0.273. The Balaban J connectivity index is 1.57. The third kappa shape index (κ3) is 4.11. The molecular weight excluding hydrogens is 454 g/mol. The van der Waals surface area contributed by atoms with Crippen LogP contribution in [0.3, 0.4) is 0 Å². The van der Waals surface area contributed by atoms with Crippen molar-refractivity contribution in [3.8, 4) is 5.75 Å². The van der Waals surface area contributed by atoms with Crippen LogP contribution < -0.4 is 4.74 Å². The van der Waals surface area contributed by atoms with E-state index in [1.165, 1.54) is 20.2 Å². The maximum absolute atomic E-state index is 12.6. The molecule has 0 unspecified atom stereocenters. The van der Waals surface area contributed by atoms with Gasteiger partial charge in [-0.2, -0.15) is 0 Å². The van der Waals surface area contributed by atoms with E-state index >= 15 is 0 Å². The number of esters is 1. The largest absolute Gasteiger partial charge is 0.488 e. The maximum Gasteiger partial charge on any atom is 0.337 e. The number of carbonyl (C=O) groups excluding carboxylic acids is 1. The summed E-state index contributed by atoms with van der Waals surface area (Å²) in [6.07, 6.45) is 1.70. The fourth-order valence-electron chi connectivity index (χ4n) is 3.48. The molecule has 0 aliphatic carbocycles. The van der Waals surface area contributed by atoms with Gasteiger partial charge in [0.1, 0.15) is 24.8 Å². The Morgan fingerprint density at radius 1 is 1.25 bits per heavy atom. The highest BCUT2D eigenvalue weighted by Gasteiger charge is 2.22. The van der Waals surface area contributed by atoms with Gasteiger partial charge in [-0.1, -0.05) is 11.6 Å². The molecule has 168 valence electrons. The minimum atomic E-state index is -3.58. The van der Waals surface area contributed by atoms with E-state index in [1.807, 2.05) is 11.5 Å². The molecule has 8 nitrogen and oxygen atoms in total. The first-order valence-electron chi connectivity index (χ1n) is 9.92. The number of aromatic nitrogens is 2. The summed E-state index contributed by atoms with van der Waals surface area (Å²) in [6, 6.07) is 9.99. The minimum Gasteiger partial charge on any atom is -0.488 e. The molecule has 0 saturated heterocycles. The van der Waals surface area contributed by atoms with Crippen LogP contribution in [0.4, 0.5) is 0 Å². The van der Waals surface area contributed by atoms with Crippen LogP contribution in [0.2, 0.25) is 5.02 Å². The Labute approximate surface area is 191 Å². The number of hydrogen-bond donors (Lipinski definition) is 0. The monoisotopic (exact) mass is 475 g/mol. The zero-order valence-electron chi connectivity index (χ0n) is 17.8. The Kier molecular flexibility index (Phi) is 5.98. The average Bonchev–Trinajstić information content (AvgIpc) is 3.13. The van der Waals surface area contributed by atoms with Gasteiger partial charge in [0.2, 0.25) is 10.0 Å². The lowest BCUT2D eigenvalue weighted by Crippen LogP contribution is -2.22. The maximum atomic E-state index is 12.6. The van der Waals surface area contributed by atoms with Crippen molar-refractivity contribution < 1.29 is 22.7 Å². The van der Waals surface area contributed by atoms with Crippen molar-refractivity contribution in [3.63, 3.8) is 0 Å². The van der Waals surface area contributed by atoms with Crippen LogP contribution in [-0.4, -0.2) is 48.9 Å². The summed E-state index contributed by atoms with van der Waals surface area (Å²) in [6.45, 7) is 2.57. The van der Waals surface area contributed by atoms with E-state index in [1.54, 1.807) is 36.4 Å². The second-order valence-electron chi connectivity index (χ2n) is 7.43. The summed E-state index contributed by atoms with van der Waals surface area (Å²) >= 11 is 6.02. The van der Waals surface area contributed by atoms with E-state index in [4.69, 9.17) is 21.1 Å². The van der Waals surface area contributed by atoms with E-state index in [9.17, 15) is 13.2 Å². The molecule has 0 N–H and O–H groups in total. The SMILES string of the molecule is CCn1c(COC(=O)C2=Cc3cc(Cl)ccc3OC2)nc2cc(S(=O)(=O)N(C)C)ccc21. The number of fused-ring (bicyclic) bond motifs is 2. The van der Waals surface area contributed by atoms with Gasteiger partial charge in [0, 0.05) is 31.2 Å². The van der Waals surface area contributed by atoms with Crippen molar-refractivity contribution in [2.75, 3.05) is 20.7 Å². The lowest BCUT2D eigenvalue weighted by Gasteiger charge is -2.17. The van der Waals surface area contributed by atoms with Crippen LogP contribution in [0.1, 0.15) is 18.3 Å². The second-order valence-corrected chi connectivity index (χ2v) is 10.0. The lowest BCUT2D eigenvalue weighted by atomic mass is 10.1. The summed E-state index contributed by atoms with van der Waals surface area (Å²) in [4.78, 5) is 17.3. The number of sulfonamides is 1. The van der Waals surface area contributed by atoms with Crippen molar-refractivity contribution in [1.29, 1.82) is 0 Å². The van der Waals surface area contributed by atoms with Crippen molar-refractivity contribution in [1.82, 2.24) is 13.9 Å². The first-order chi connectivity index (χ1) is 15.2. The van der Waals surface area contributed by atoms with Crippen LogP contribution in [0, 0.1) is 0 Å². The zero-order valence-corrected chi connectivity index (χ0v) is 19.4. The molecule has 2 aromatic carbocycles. The molecule has 0 spiro atoms. The Morgan fingerprint density at radius 3 is 2.75 bits per heavy atom. The number of aryl methyl sites for hydroxylation is 1. The lowest BCUT2D eigenvalue weighted by molar-refractivity contribution is -0.140. The molecule has 3 aromatic rings. The van der Waals surface area contributed by atoms with E-state index in [0.29, 0.717) is 39.8 Å². The number of carbonyl (C=O) groups is 1. The quantitative estimate of drug-likeness (QED) is 0.507. The normalized spacial score (nSPS) is 13.6. The molecule has 1 aliphatic heterocycles. The molecule has 0 fully saturated rings. The van der Waals surface area contributed by atoms with Crippen LogP contribution >= 0.6 is 11.6 Å². The number of benzene rings is 2. The van der Waals surface area contributed by atoms with Crippen molar-refractivity contribution in [3.05, 3.63) is 58.4 Å². The second kappa shape index (κ2) is 8.57. The average molecular weight is 476 g/mol. The van der Waals surface area contributed by atoms with Gasteiger partial charge >= 0.3 is 5.97 Å². The van der Waals surface area contributed by atoms with Gasteiger partial charge in [-0.15, -0.1) is 0 Å². The molecule has 0 amide bonds. The molecule has 1 aromatic heterocycles. The summed E-state index contributed by atoms with van der Waals surface area (Å²) in [5, 5.41) is 0.547. The molecule has 0 radical (unpaired) electrons. The molecule has 0 bridgehead atoms. The molecule has 0 saturated carbocycles. The molecule has 2 heterocycles. The molecule has 1 aliphatic rings. The highest BCUT2D eigenvalue weighted by molar-refractivity contribution is 7.89. The predicted octanol–water partition coefficient (Wildman–Crippen LogP) is 3.48. The summed E-state index contributed by atoms with van der Waals surface area (Å²) in [5.74, 6) is 0.666. The number of halogens is 1. The topological polar surface area (TPSA) is 90.7 Å². The van der Waals surface area contributed by atoms with Gasteiger partial charge in [-0.3, -0.25) is 0 Å². The third-order valence-electron chi connectivity index (χ3n) is 5.17. The first kappa shape index (κ1) is 22.3. The zero-order chi connectivity index (χ0) is 23.0. The highest BCUT2D eigenvalue weighted by atomic mass is 35.5. The number of imidazole rings is 1. The number of nitrogens with zero attached hydrogens (tertiary/aromatic N) is 3. The van der Waals surface area contributed by atoms with Crippen LogP contribution in [-0.2, 0) is 32.7 Å². The standard InChI is InChI=1S/C22H22ClN3O5S/c1-4-26-19-7-6-17(32(28,29)25(2)3)11-18(19)24-21(26)13-31-22(27)15-9-14-10-16(23)5-8-20(14)30-12-15/h5-11H,4,12-13H2,1-3H3. The third-order valence-corrected chi connectivity index (χ3v) is 7.22. The van der Waals surface area contributed by atoms with Gasteiger partial charge in [0.15, 0.2) is 0 Å². The van der Waals surface area contributed by atoms with Crippen LogP contribution in [0.15, 0.2) is 46.9 Å². The fourth-order valence-corrected chi connectivity index (χ4v) is 4.59. The molecule has 10 heteroatoms. The van der Waals surface area contributed by atoms with Gasteiger partial charge in [0.05, 0.1) is 21.5 Å². The molecule has 0 atom stereocenters. The summed E-state index contributed by atoms with van der Waals surface area (Å²) in [5.41, 5.74) is 2.37. The summed E-state index contributed by atoms with van der Waals surface area (Å²) < 4.78 is 39.0. The van der Waals surface area contributed by atoms with Crippen LogP contribution in [0.5, 0.6) is 5.75 Å². The van der Waals surface area contributed by atoms with E-state index in [2.05, 4.69) is 4.98 Å².